The van der Waals surface area contributed by atoms with Crippen LogP contribution in [-0.2, 0) is 6.61 Å². The van der Waals surface area contributed by atoms with E-state index >= 15 is 0 Å². The summed E-state index contributed by atoms with van der Waals surface area (Å²) in [5.74, 6) is 0.718. The molecule has 0 atom stereocenters. The van der Waals surface area contributed by atoms with Crippen LogP contribution in [0.3, 0.4) is 0 Å². The van der Waals surface area contributed by atoms with Crippen molar-refractivity contribution in [1.82, 2.24) is 9.38 Å². The van der Waals surface area contributed by atoms with Crippen molar-refractivity contribution in [3.63, 3.8) is 0 Å². The minimum Gasteiger partial charge on any atom is -0.487 e. The summed E-state index contributed by atoms with van der Waals surface area (Å²) in [4.78, 5) is 4.43. The largest absolute Gasteiger partial charge is 0.487 e. The summed E-state index contributed by atoms with van der Waals surface area (Å²) < 4.78 is 7.46. The average Bonchev–Trinajstić information content (AvgIpc) is 2.81. The zero-order valence-electron chi connectivity index (χ0n) is 9.88. The maximum absolute atomic E-state index is 6.07. The van der Waals surface area contributed by atoms with Crippen LogP contribution in [0.4, 0.5) is 0 Å². The predicted octanol–water partition coefficient (Wildman–Crippen LogP) is 4.22. The normalized spacial score (nSPS) is 10.8. The molecule has 0 amide bonds. The van der Waals surface area contributed by atoms with Crippen molar-refractivity contribution in [1.29, 1.82) is 0 Å². The highest BCUT2D eigenvalue weighted by Crippen LogP contribution is 2.19. The Morgan fingerprint density at radius 2 is 1.95 bits per heavy atom. The molecular formula is C14H10Cl2N2O. The lowest BCUT2D eigenvalue weighted by Crippen LogP contribution is -1.95. The molecule has 19 heavy (non-hydrogen) atoms. The van der Waals surface area contributed by atoms with Crippen LogP contribution < -0.4 is 4.74 Å². The Hall–Kier alpha value is -1.71. The highest BCUT2D eigenvalue weighted by molar-refractivity contribution is 6.30. The molecule has 0 aliphatic carbocycles. The van der Waals surface area contributed by atoms with Crippen LogP contribution in [0, 0.1) is 0 Å². The van der Waals surface area contributed by atoms with Crippen LogP contribution in [0.25, 0.3) is 5.65 Å². The van der Waals surface area contributed by atoms with E-state index < -0.39 is 0 Å². The van der Waals surface area contributed by atoms with Gasteiger partial charge in [-0.15, -0.1) is 0 Å². The number of rotatable bonds is 3. The minimum absolute atomic E-state index is 0.373. The minimum atomic E-state index is 0.373. The van der Waals surface area contributed by atoms with Gasteiger partial charge in [0.1, 0.15) is 23.2 Å². The summed E-state index contributed by atoms with van der Waals surface area (Å²) in [7, 11) is 0. The van der Waals surface area contributed by atoms with Crippen molar-refractivity contribution in [2.24, 2.45) is 0 Å². The standard InChI is InChI=1S/C14H10Cl2N2O/c15-10-3-1-4-12(7-10)19-9-11-8-18-13(16)5-2-6-14(18)17-11/h1-8H,9H2. The number of pyridine rings is 1. The van der Waals surface area contributed by atoms with Gasteiger partial charge in [-0.05, 0) is 30.3 Å². The SMILES string of the molecule is Clc1cccc(OCc2cn3c(Cl)cccc3n2)c1. The third-order valence-electron chi connectivity index (χ3n) is 2.68. The number of imidazole rings is 1. The molecule has 0 saturated heterocycles. The predicted molar refractivity (Wildman–Crippen MR) is 76.0 cm³/mol. The Kier molecular flexibility index (Phi) is 3.32. The first-order valence-corrected chi connectivity index (χ1v) is 6.49. The maximum atomic E-state index is 6.07. The van der Waals surface area contributed by atoms with Gasteiger partial charge in [0.15, 0.2) is 0 Å². The first kappa shape index (κ1) is 12.3. The van der Waals surface area contributed by atoms with Crippen LogP contribution in [0.2, 0.25) is 10.2 Å². The number of fused-ring (bicyclic) bond motifs is 1. The zero-order valence-corrected chi connectivity index (χ0v) is 11.4. The molecule has 0 radical (unpaired) electrons. The van der Waals surface area contributed by atoms with Crippen molar-refractivity contribution >= 4 is 28.8 Å². The van der Waals surface area contributed by atoms with Gasteiger partial charge in [-0.1, -0.05) is 35.3 Å². The molecule has 0 aliphatic rings. The number of nitrogens with zero attached hydrogens (tertiary/aromatic N) is 2. The van der Waals surface area contributed by atoms with E-state index in [0.29, 0.717) is 16.8 Å². The third kappa shape index (κ3) is 2.67. The summed E-state index contributed by atoms with van der Waals surface area (Å²) in [6, 6.07) is 12.9. The maximum Gasteiger partial charge on any atom is 0.138 e. The molecule has 96 valence electrons. The van der Waals surface area contributed by atoms with Gasteiger partial charge in [-0.25, -0.2) is 4.98 Å². The van der Waals surface area contributed by atoms with Crippen LogP contribution in [0.15, 0.2) is 48.7 Å². The van der Waals surface area contributed by atoms with Crippen LogP contribution in [0.1, 0.15) is 5.69 Å². The Balaban J connectivity index is 1.80. The molecule has 5 heteroatoms. The lowest BCUT2D eigenvalue weighted by Gasteiger charge is -2.03. The van der Waals surface area contributed by atoms with Crippen molar-refractivity contribution in [3.8, 4) is 5.75 Å². The van der Waals surface area contributed by atoms with Gasteiger partial charge in [0, 0.05) is 11.2 Å². The Morgan fingerprint density at radius 1 is 1.11 bits per heavy atom. The van der Waals surface area contributed by atoms with Gasteiger partial charge in [-0.3, -0.25) is 4.40 Å². The fourth-order valence-corrected chi connectivity index (χ4v) is 2.20. The molecule has 3 aromatic rings. The van der Waals surface area contributed by atoms with E-state index in [1.807, 2.05) is 40.9 Å². The third-order valence-corrected chi connectivity index (χ3v) is 3.22. The van der Waals surface area contributed by atoms with Crippen LogP contribution >= 0.6 is 23.2 Å². The Bertz CT molecular complexity index is 724. The summed E-state index contributed by atoms with van der Waals surface area (Å²) >= 11 is 12.0. The van der Waals surface area contributed by atoms with E-state index in [9.17, 15) is 0 Å². The molecule has 3 nitrogen and oxygen atoms in total. The second kappa shape index (κ2) is 5.11. The molecule has 0 N–H and O–H groups in total. The monoisotopic (exact) mass is 292 g/mol. The topological polar surface area (TPSA) is 26.5 Å². The van der Waals surface area contributed by atoms with Crippen molar-refractivity contribution in [2.45, 2.75) is 6.61 Å². The molecule has 0 aliphatic heterocycles. The van der Waals surface area contributed by atoms with Gasteiger partial charge in [-0.2, -0.15) is 0 Å². The van der Waals surface area contributed by atoms with Gasteiger partial charge < -0.3 is 4.74 Å². The van der Waals surface area contributed by atoms with E-state index in [4.69, 9.17) is 27.9 Å². The number of benzene rings is 1. The number of ether oxygens (including phenoxy) is 1. The number of hydrogen-bond donors (Lipinski definition) is 0. The molecule has 0 unspecified atom stereocenters. The first-order valence-electron chi connectivity index (χ1n) is 5.73. The van der Waals surface area contributed by atoms with E-state index in [0.717, 1.165) is 17.1 Å². The van der Waals surface area contributed by atoms with Gasteiger partial charge in [0.2, 0.25) is 0 Å². The molecule has 2 aromatic heterocycles. The number of aromatic nitrogens is 2. The molecule has 0 fully saturated rings. The molecule has 0 spiro atoms. The molecule has 3 rings (SSSR count). The fraction of sp³-hybridized carbons (Fsp3) is 0.0714. The second-order valence-corrected chi connectivity index (χ2v) is 4.88. The lowest BCUT2D eigenvalue weighted by molar-refractivity contribution is 0.302. The smallest absolute Gasteiger partial charge is 0.138 e. The number of halogens is 2. The molecular weight excluding hydrogens is 283 g/mol. The molecule has 0 saturated carbocycles. The van der Waals surface area contributed by atoms with Gasteiger partial charge in [0.25, 0.3) is 0 Å². The molecule has 1 aromatic carbocycles. The summed E-state index contributed by atoms with van der Waals surface area (Å²) in [5, 5.41) is 1.27. The van der Waals surface area contributed by atoms with E-state index in [-0.39, 0.29) is 0 Å². The van der Waals surface area contributed by atoms with Gasteiger partial charge in [0.05, 0.1) is 5.69 Å². The van der Waals surface area contributed by atoms with Gasteiger partial charge >= 0.3 is 0 Å². The Labute approximate surface area is 120 Å². The first-order chi connectivity index (χ1) is 9.22. The summed E-state index contributed by atoms with van der Waals surface area (Å²) in [6.45, 7) is 0.373. The van der Waals surface area contributed by atoms with Crippen LogP contribution in [0.5, 0.6) is 5.75 Å². The summed E-state index contributed by atoms with van der Waals surface area (Å²) in [6.07, 6.45) is 1.86. The lowest BCUT2D eigenvalue weighted by atomic mass is 10.3. The van der Waals surface area contributed by atoms with E-state index in [1.54, 1.807) is 12.1 Å². The molecule has 2 heterocycles. The van der Waals surface area contributed by atoms with E-state index in [1.165, 1.54) is 0 Å². The second-order valence-electron chi connectivity index (χ2n) is 4.05. The highest BCUT2D eigenvalue weighted by atomic mass is 35.5. The number of hydrogen-bond acceptors (Lipinski definition) is 2. The Morgan fingerprint density at radius 3 is 2.74 bits per heavy atom. The molecule has 0 bridgehead atoms. The highest BCUT2D eigenvalue weighted by Gasteiger charge is 2.04. The van der Waals surface area contributed by atoms with Crippen LogP contribution in [-0.4, -0.2) is 9.38 Å². The van der Waals surface area contributed by atoms with E-state index in [2.05, 4.69) is 4.98 Å². The fourth-order valence-electron chi connectivity index (χ4n) is 1.81. The quantitative estimate of drug-likeness (QED) is 0.676. The zero-order chi connectivity index (χ0) is 13.2. The summed E-state index contributed by atoms with van der Waals surface area (Å²) in [5.41, 5.74) is 1.62. The average molecular weight is 293 g/mol. The van der Waals surface area contributed by atoms with Crippen molar-refractivity contribution in [2.75, 3.05) is 0 Å². The van der Waals surface area contributed by atoms with Crippen molar-refractivity contribution in [3.05, 3.63) is 64.5 Å². The van der Waals surface area contributed by atoms with Crippen molar-refractivity contribution < 1.29 is 4.74 Å².